The molecule has 0 bridgehead atoms. The molecule has 188 valence electrons. The number of sulfone groups is 1. The molecule has 1 aliphatic heterocycles. The average molecular weight is 532 g/mol. The third kappa shape index (κ3) is 6.01. The van der Waals surface area contributed by atoms with Crippen molar-refractivity contribution in [1.29, 1.82) is 0 Å². The minimum absolute atomic E-state index is 0.0334. The van der Waals surface area contributed by atoms with Crippen LogP contribution in [0.1, 0.15) is 17.5 Å². The number of para-hydroxylation sites is 1. The molecule has 1 aliphatic rings. The van der Waals surface area contributed by atoms with Crippen LogP contribution in [0, 0.1) is 0 Å². The van der Waals surface area contributed by atoms with Gasteiger partial charge in [0.1, 0.15) is 0 Å². The number of amides is 1. The van der Waals surface area contributed by atoms with Gasteiger partial charge < -0.3 is 4.90 Å². The van der Waals surface area contributed by atoms with Gasteiger partial charge in [0.05, 0.1) is 22.9 Å². The van der Waals surface area contributed by atoms with Crippen molar-refractivity contribution in [2.75, 3.05) is 11.5 Å². The van der Waals surface area contributed by atoms with E-state index in [1.54, 1.807) is 27.8 Å². The topological polar surface area (TPSA) is 72.3 Å². The van der Waals surface area contributed by atoms with Crippen LogP contribution in [0.3, 0.4) is 0 Å². The van der Waals surface area contributed by atoms with Crippen LogP contribution in [0.25, 0.3) is 23.0 Å². The Bertz CT molecular complexity index is 1530. The van der Waals surface area contributed by atoms with Crippen molar-refractivity contribution in [2.45, 2.75) is 19.0 Å². The van der Waals surface area contributed by atoms with Gasteiger partial charge in [0.25, 0.3) is 0 Å². The number of carbonyl (C=O) groups is 1. The van der Waals surface area contributed by atoms with Crippen molar-refractivity contribution in [1.82, 2.24) is 14.7 Å². The third-order valence-electron chi connectivity index (χ3n) is 6.39. The van der Waals surface area contributed by atoms with Gasteiger partial charge in [-0.15, -0.1) is 0 Å². The van der Waals surface area contributed by atoms with E-state index >= 15 is 0 Å². The second kappa shape index (κ2) is 10.7. The molecule has 0 radical (unpaired) electrons. The molecule has 6 nitrogen and oxygen atoms in total. The fraction of sp³-hybridized carbons (Fsp3) is 0.172. The van der Waals surface area contributed by atoms with Crippen LogP contribution in [0.15, 0.2) is 97.2 Å². The van der Waals surface area contributed by atoms with E-state index in [2.05, 4.69) is 0 Å². The summed E-state index contributed by atoms with van der Waals surface area (Å²) in [5.74, 6) is -0.203. The monoisotopic (exact) mass is 531 g/mol. The molecule has 8 heteroatoms. The minimum atomic E-state index is -3.17. The number of carbonyl (C=O) groups excluding carboxylic acids is 1. The highest BCUT2D eigenvalue weighted by molar-refractivity contribution is 7.91. The molecular formula is C29H26ClN3O3S. The number of benzene rings is 3. The summed E-state index contributed by atoms with van der Waals surface area (Å²) < 4.78 is 26.2. The largest absolute Gasteiger partial charge is 0.331 e. The van der Waals surface area contributed by atoms with E-state index < -0.39 is 9.84 Å². The molecule has 1 atom stereocenters. The van der Waals surface area contributed by atoms with Crippen molar-refractivity contribution in [3.8, 4) is 16.9 Å². The third-order valence-corrected chi connectivity index (χ3v) is 8.38. The van der Waals surface area contributed by atoms with E-state index in [1.165, 1.54) is 6.08 Å². The van der Waals surface area contributed by atoms with E-state index in [0.29, 0.717) is 11.4 Å². The number of halogens is 1. The molecule has 37 heavy (non-hydrogen) atoms. The number of hydrogen-bond donors (Lipinski definition) is 0. The molecule has 4 aromatic rings. The van der Waals surface area contributed by atoms with Crippen LogP contribution < -0.4 is 0 Å². The van der Waals surface area contributed by atoms with Crippen LogP contribution in [0.4, 0.5) is 0 Å². The standard InChI is InChI=1S/C29H26ClN3O3S/c30-25-11-7-8-22(18-25)19-32(27-16-17-37(35,36)21-27)28(34)15-14-24-20-33(26-12-5-2-6-13-26)31-29(24)23-9-3-1-4-10-23/h1-15,18,20,27H,16-17,19,21H2. The molecule has 1 saturated heterocycles. The smallest absolute Gasteiger partial charge is 0.247 e. The van der Waals surface area contributed by atoms with E-state index in [9.17, 15) is 13.2 Å². The van der Waals surface area contributed by atoms with Crippen LogP contribution in [0.5, 0.6) is 0 Å². The van der Waals surface area contributed by atoms with Gasteiger partial charge in [-0.25, -0.2) is 13.1 Å². The molecule has 1 aromatic heterocycles. The lowest BCUT2D eigenvalue weighted by atomic mass is 10.1. The molecule has 5 rings (SSSR count). The lowest BCUT2D eigenvalue weighted by Gasteiger charge is -2.27. The maximum absolute atomic E-state index is 13.5. The number of aromatic nitrogens is 2. The highest BCUT2D eigenvalue weighted by Gasteiger charge is 2.34. The molecule has 0 aliphatic carbocycles. The summed E-state index contributed by atoms with van der Waals surface area (Å²) in [4.78, 5) is 15.1. The van der Waals surface area contributed by atoms with Crippen molar-refractivity contribution in [3.05, 3.63) is 113 Å². The Morgan fingerprint density at radius 2 is 1.76 bits per heavy atom. The second-order valence-corrected chi connectivity index (χ2v) is 11.7. The SMILES string of the molecule is O=C(C=Cc1cn(-c2ccccc2)nc1-c1ccccc1)N(Cc1cccc(Cl)c1)C1CCS(=O)(=O)C1. The maximum Gasteiger partial charge on any atom is 0.247 e. The first kappa shape index (κ1) is 25.0. The lowest BCUT2D eigenvalue weighted by molar-refractivity contribution is -0.128. The Balaban J connectivity index is 1.47. The van der Waals surface area contributed by atoms with E-state index in [1.807, 2.05) is 79.0 Å². The van der Waals surface area contributed by atoms with Gasteiger partial charge in [0.15, 0.2) is 9.84 Å². The molecule has 1 amide bonds. The van der Waals surface area contributed by atoms with Crippen molar-refractivity contribution < 1.29 is 13.2 Å². The molecule has 1 fully saturated rings. The highest BCUT2D eigenvalue weighted by Crippen LogP contribution is 2.26. The van der Waals surface area contributed by atoms with Crippen molar-refractivity contribution in [2.24, 2.45) is 0 Å². The first-order valence-electron chi connectivity index (χ1n) is 12.0. The minimum Gasteiger partial charge on any atom is -0.331 e. The molecular weight excluding hydrogens is 506 g/mol. The summed E-state index contributed by atoms with van der Waals surface area (Å²) in [7, 11) is -3.17. The van der Waals surface area contributed by atoms with Gasteiger partial charge in [-0.1, -0.05) is 72.3 Å². The fourth-order valence-electron chi connectivity index (χ4n) is 4.54. The first-order chi connectivity index (χ1) is 17.9. The van der Waals surface area contributed by atoms with Gasteiger partial charge in [0, 0.05) is 41.0 Å². The predicted octanol–water partition coefficient (Wildman–Crippen LogP) is 5.42. The van der Waals surface area contributed by atoms with Gasteiger partial charge in [-0.2, -0.15) is 5.10 Å². The van der Waals surface area contributed by atoms with Gasteiger partial charge in [-0.05, 0) is 42.3 Å². The number of rotatable bonds is 7. The molecule has 1 unspecified atom stereocenters. The molecule has 3 aromatic carbocycles. The lowest BCUT2D eigenvalue weighted by Crippen LogP contribution is -2.39. The zero-order valence-corrected chi connectivity index (χ0v) is 21.6. The Morgan fingerprint density at radius 1 is 1.03 bits per heavy atom. The van der Waals surface area contributed by atoms with Gasteiger partial charge in [-0.3, -0.25) is 4.79 Å². The number of nitrogens with zero attached hydrogens (tertiary/aromatic N) is 3. The van der Waals surface area contributed by atoms with Crippen LogP contribution >= 0.6 is 11.6 Å². The molecule has 0 spiro atoms. The molecule has 0 N–H and O–H groups in total. The summed E-state index contributed by atoms with van der Waals surface area (Å²) in [5, 5.41) is 5.36. The zero-order chi connectivity index (χ0) is 25.8. The predicted molar refractivity (Wildman–Crippen MR) is 147 cm³/mol. The zero-order valence-electron chi connectivity index (χ0n) is 20.1. The summed E-state index contributed by atoms with van der Waals surface area (Å²) in [6.45, 7) is 0.277. The Hall–Kier alpha value is -3.68. The summed E-state index contributed by atoms with van der Waals surface area (Å²) in [6.07, 6.45) is 5.58. The van der Waals surface area contributed by atoms with Crippen molar-refractivity contribution in [3.63, 3.8) is 0 Å². The summed E-state index contributed by atoms with van der Waals surface area (Å²) in [6, 6.07) is 26.5. The average Bonchev–Trinajstić information content (AvgIpc) is 3.50. The van der Waals surface area contributed by atoms with E-state index in [4.69, 9.17) is 16.7 Å². The Morgan fingerprint density at radius 3 is 2.43 bits per heavy atom. The molecule has 0 saturated carbocycles. The van der Waals surface area contributed by atoms with E-state index in [-0.39, 0.29) is 30.0 Å². The maximum atomic E-state index is 13.5. The van der Waals surface area contributed by atoms with Crippen molar-refractivity contribution >= 4 is 33.4 Å². The Kier molecular flexibility index (Phi) is 7.26. The highest BCUT2D eigenvalue weighted by atomic mass is 35.5. The van der Waals surface area contributed by atoms with Crippen LogP contribution in [0.2, 0.25) is 5.02 Å². The summed E-state index contributed by atoms with van der Waals surface area (Å²) in [5.41, 5.74) is 4.22. The second-order valence-electron chi connectivity index (χ2n) is 9.07. The van der Waals surface area contributed by atoms with Crippen LogP contribution in [-0.2, 0) is 21.2 Å². The fourth-order valence-corrected chi connectivity index (χ4v) is 6.48. The van der Waals surface area contributed by atoms with E-state index in [0.717, 1.165) is 28.1 Å². The Labute approximate surface area is 221 Å². The van der Waals surface area contributed by atoms with Gasteiger partial charge in [0.2, 0.25) is 5.91 Å². The summed E-state index contributed by atoms with van der Waals surface area (Å²) >= 11 is 6.16. The number of hydrogen-bond acceptors (Lipinski definition) is 4. The molecule has 2 heterocycles. The quantitative estimate of drug-likeness (QED) is 0.298. The van der Waals surface area contributed by atoms with Crippen LogP contribution in [-0.4, -0.2) is 46.6 Å². The van der Waals surface area contributed by atoms with Gasteiger partial charge >= 0.3 is 0 Å². The first-order valence-corrected chi connectivity index (χ1v) is 14.2. The normalized spacial score (nSPS) is 16.7.